The Bertz CT molecular complexity index is 611. The Balaban J connectivity index is 2.17. The molecule has 2 aromatic rings. The van der Waals surface area contributed by atoms with Crippen LogP contribution in [0, 0.1) is 12.7 Å². The fraction of sp³-hybridized carbons (Fsp3) is 0.357. The largest absolute Gasteiger partial charge is 0.360 e. The van der Waals surface area contributed by atoms with Gasteiger partial charge in [0.15, 0.2) is 0 Å². The van der Waals surface area contributed by atoms with Crippen molar-refractivity contribution in [2.45, 2.75) is 31.6 Å². The predicted octanol–water partition coefficient (Wildman–Crippen LogP) is 5.06. The molecule has 0 bridgehead atoms. The summed E-state index contributed by atoms with van der Waals surface area (Å²) in [5.74, 6) is 1.24. The second kappa shape index (κ2) is 4.80. The van der Waals surface area contributed by atoms with Crippen LogP contribution in [0.1, 0.15) is 35.6 Å². The third-order valence-corrected chi connectivity index (χ3v) is 3.95. The molecule has 1 aromatic carbocycles. The van der Waals surface area contributed by atoms with Gasteiger partial charge in [-0.05, 0) is 37.5 Å². The van der Waals surface area contributed by atoms with Gasteiger partial charge in [0.2, 0.25) is 0 Å². The van der Waals surface area contributed by atoms with Crippen molar-refractivity contribution in [3.8, 4) is 11.3 Å². The summed E-state index contributed by atoms with van der Waals surface area (Å²) in [5.41, 5.74) is 2.95. The predicted molar refractivity (Wildman–Crippen MR) is 73.2 cm³/mol. The Hall–Kier alpha value is -1.06. The van der Waals surface area contributed by atoms with Gasteiger partial charge in [-0.2, -0.15) is 0 Å². The molecule has 1 fully saturated rings. The Kier molecular flexibility index (Phi) is 3.27. The molecule has 1 saturated carbocycles. The topological polar surface area (TPSA) is 26.0 Å². The monoisotopic (exact) mass is 299 g/mol. The lowest BCUT2D eigenvalue weighted by molar-refractivity contribution is 0.385. The van der Waals surface area contributed by atoms with Crippen molar-refractivity contribution in [3.05, 3.63) is 39.9 Å². The highest BCUT2D eigenvalue weighted by molar-refractivity contribution is 6.33. The van der Waals surface area contributed by atoms with Crippen molar-refractivity contribution in [1.82, 2.24) is 5.16 Å². The van der Waals surface area contributed by atoms with E-state index >= 15 is 0 Å². The van der Waals surface area contributed by atoms with E-state index < -0.39 is 0 Å². The minimum Gasteiger partial charge on any atom is -0.360 e. The van der Waals surface area contributed by atoms with Crippen molar-refractivity contribution in [3.63, 3.8) is 0 Å². The molecule has 5 heteroatoms. The SMILES string of the molecule is Cc1cc(F)cc(Cl)c1-c1noc(C2CC2)c1CCl. The van der Waals surface area contributed by atoms with E-state index in [9.17, 15) is 4.39 Å². The Labute approximate surface area is 120 Å². The van der Waals surface area contributed by atoms with Gasteiger partial charge in [-0.1, -0.05) is 16.8 Å². The summed E-state index contributed by atoms with van der Waals surface area (Å²) >= 11 is 12.2. The molecule has 0 atom stereocenters. The summed E-state index contributed by atoms with van der Waals surface area (Å²) in [7, 11) is 0. The number of nitrogens with zero attached hydrogens (tertiary/aromatic N) is 1. The molecule has 0 radical (unpaired) electrons. The number of hydrogen-bond donors (Lipinski definition) is 0. The van der Waals surface area contributed by atoms with Crippen molar-refractivity contribution in [2.75, 3.05) is 0 Å². The zero-order valence-electron chi connectivity index (χ0n) is 10.3. The van der Waals surface area contributed by atoms with Crippen LogP contribution in [-0.2, 0) is 5.88 Å². The maximum atomic E-state index is 13.3. The third kappa shape index (κ3) is 2.26. The lowest BCUT2D eigenvalue weighted by atomic mass is 10.0. The van der Waals surface area contributed by atoms with E-state index in [1.165, 1.54) is 12.1 Å². The molecular formula is C14H12Cl2FNO. The van der Waals surface area contributed by atoms with Gasteiger partial charge in [0.05, 0.1) is 10.9 Å². The van der Waals surface area contributed by atoms with E-state index in [-0.39, 0.29) is 5.82 Å². The van der Waals surface area contributed by atoms with Gasteiger partial charge in [-0.15, -0.1) is 11.6 Å². The van der Waals surface area contributed by atoms with E-state index in [1.54, 1.807) is 6.92 Å². The molecule has 0 aliphatic heterocycles. The first-order chi connectivity index (χ1) is 9.11. The summed E-state index contributed by atoms with van der Waals surface area (Å²) in [6, 6.07) is 2.72. The second-order valence-electron chi connectivity index (χ2n) is 4.86. The molecule has 19 heavy (non-hydrogen) atoms. The number of hydrogen-bond acceptors (Lipinski definition) is 2. The molecule has 2 nitrogen and oxygen atoms in total. The molecule has 1 aromatic heterocycles. The molecule has 0 spiro atoms. The van der Waals surface area contributed by atoms with E-state index in [2.05, 4.69) is 5.16 Å². The Morgan fingerprint density at radius 3 is 2.74 bits per heavy atom. The minimum atomic E-state index is -0.357. The highest BCUT2D eigenvalue weighted by atomic mass is 35.5. The van der Waals surface area contributed by atoms with Crippen LogP contribution in [0.5, 0.6) is 0 Å². The van der Waals surface area contributed by atoms with Crippen LogP contribution >= 0.6 is 23.2 Å². The highest BCUT2D eigenvalue weighted by Gasteiger charge is 2.32. The normalized spacial score (nSPS) is 14.9. The van der Waals surface area contributed by atoms with Crippen LogP contribution in [-0.4, -0.2) is 5.16 Å². The Morgan fingerprint density at radius 2 is 2.16 bits per heavy atom. The van der Waals surface area contributed by atoms with Gasteiger partial charge in [0, 0.05) is 17.0 Å². The minimum absolute atomic E-state index is 0.317. The van der Waals surface area contributed by atoms with Gasteiger partial charge >= 0.3 is 0 Å². The van der Waals surface area contributed by atoms with Gasteiger partial charge in [0.25, 0.3) is 0 Å². The summed E-state index contributed by atoms with van der Waals surface area (Å²) in [6.07, 6.45) is 2.21. The third-order valence-electron chi connectivity index (χ3n) is 3.39. The standard InChI is InChI=1S/C14H12Cl2FNO/c1-7-4-9(17)5-11(16)12(7)13-10(6-15)14(19-18-13)8-2-3-8/h4-5,8H,2-3,6H2,1H3. The number of benzene rings is 1. The molecule has 3 rings (SSSR count). The second-order valence-corrected chi connectivity index (χ2v) is 5.54. The smallest absolute Gasteiger partial charge is 0.144 e. The van der Waals surface area contributed by atoms with Gasteiger partial charge in [0.1, 0.15) is 17.3 Å². The van der Waals surface area contributed by atoms with Crippen molar-refractivity contribution in [2.24, 2.45) is 0 Å². The molecule has 0 N–H and O–H groups in total. The van der Waals surface area contributed by atoms with Crippen molar-refractivity contribution in [1.29, 1.82) is 0 Å². The fourth-order valence-corrected chi connectivity index (χ4v) is 2.92. The zero-order valence-corrected chi connectivity index (χ0v) is 11.9. The zero-order chi connectivity index (χ0) is 13.6. The first-order valence-electron chi connectivity index (χ1n) is 6.12. The molecule has 0 amide bonds. The average molecular weight is 300 g/mol. The van der Waals surface area contributed by atoms with Gasteiger partial charge in [-0.3, -0.25) is 0 Å². The molecular weight excluding hydrogens is 288 g/mol. The summed E-state index contributed by atoms with van der Waals surface area (Å²) in [5, 5.41) is 4.44. The van der Waals surface area contributed by atoms with Crippen LogP contribution < -0.4 is 0 Å². The number of aromatic nitrogens is 1. The first kappa shape index (κ1) is 12.9. The van der Waals surface area contributed by atoms with Crippen LogP contribution in [0.3, 0.4) is 0 Å². The van der Waals surface area contributed by atoms with Crippen LogP contribution in [0.4, 0.5) is 4.39 Å². The van der Waals surface area contributed by atoms with Crippen LogP contribution in [0.15, 0.2) is 16.7 Å². The molecule has 0 saturated heterocycles. The Morgan fingerprint density at radius 1 is 1.42 bits per heavy atom. The molecule has 1 aliphatic carbocycles. The summed E-state index contributed by atoms with van der Waals surface area (Å²) < 4.78 is 18.7. The first-order valence-corrected chi connectivity index (χ1v) is 7.03. The molecule has 0 unspecified atom stereocenters. The maximum absolute atomic E-state index is 13.3. The number of alkyl halides is 1. The molecule has 1 heterocycles. The van der Waals surface area contributed by atoms with Gasteiger partial charge in [-0.25, -0.2) is 4.39 Å². The van der Waals surface area contributed by atoms with Crippen molar-refractivity contribution >= 4 is 23.2 Å². The number of rotatable bonds is 3. The maximum Gasteiger partial charge on any atom is 0.144 e. The van der Waals surface area contributed by atoms with E-state index in [0.29, 0.717) is 28.1 Å². The van der Waals surface area contributed by atoms with Gasteiger partial charge < -0.3 is 4.52 Å². The lowest BCUT2D eigenvalue weighted by Gasteiger charge is -2.07. The van der Waals surface area contributed by atoms with Crippen molar-refractivity contribution < 1.29 is 8.91 Å². The fourth-order valence-electron chi connectivity index (χ4n) is 2.32. The summed E-state index contributed by atoms with van der Waals surface area (Å²) in [6.45, 7) is 1.80. The molecule has 100 valence electrons. The average Bonchev–Trinajstić information content (AvgIpc) is 3.09. The number of halogens is 3. The summed E-state index contributed by atoms with van der Waals surface area (Å²) in [4.78, 5) is 0. The van der Waals surface area contributed by atoms with Crippen LogP contribution in [0.25, 0.3) is 11.3 Å². The van der Waals surface area contributed by atoms with E-state index in [4.69, 9.17) is 27.7 Å². The number of aryl methyl sites for hydroxylation is 1. The van der Waals surface area contributed by atoms with Crippen LogP contribution in [0.2, 0.25) is 5.02 Å². The van der Waals surface area contributed by atoms with E-state index in [1.807, 2.05) is 0 Å². The van der Waals surface area contributed by atoms with E-state index in [0.717, 1.165) is 29.7 Å². The molecule has 1 aliphatic rings. The quantitative estimate of drug-likeness (QED) is 0.741. The highest BCUT2D eigenvalue weighted by Crippen LogP contribution is 2.45. The lowest BCUT2D eigenvalue weighted by Crippen LogP contribution is -1.92.